The maximum atomic E-state index is 12.7. The van der Waals surface area contributed by atoms with E-state index in [4.69, 9.17) is 16.3 Å². The molecule has 1 saturated heterocycles. The lowest BCUT2D eigenvalue weighted by Crippen LogP contribution is -2.17. The van der Waals surface area contributed by atoms with E-state index < -0.39 is 0 Å². The standard InChI is InChI=1S/C21H20ClNO2S2/c22-19-17-6-1-2-7-18(17)27-20(19)21(24)23-15-5-3-4-14(12-15)13-26-16-8-10-25-11-9-16/h1-7,12,16H,8-11,13H2,(H,23,24). The van der Waals surface area contributed by atoms with Crippen LogP contribution in [0.3, 0.4) is 0 Å². The Morgan fingerprint density at radius 1 is 1.19 bits per heavy atom. The van der Waals surface area contributed by atoms with Gasteiger partial charge in [0.05, 0.1) is 5.02 Å². The zero-order valence-electron chi connectivity index (χ0n) is 14.7. The van der Waals surface area contributed by atoms with Crippen molar-refractivity contribution in [1.29, 1.82) is 0 Å². The molecule has 0 atom stereocenters. The van der Waals surface area contributed by atoms with Crippen molar-refractivity contribution in [2.75, 3.05) is 18.5 Å². The first-order chi connectivity index (χ1) is 13.2. The van der Waals surface area contributed by atoms with Gasteiger partial charge in [-0.3, -0.25) is 4.79 Å². The Morgan fingerprint density at radius 2 is 2.00 bits per heavy atom. The first-order valence-corrected chi connectivity index (χ1v) is 11.2. The Balaban J connectivity index is 1.44. The summed E-state index contributed by atoms with van der Waals surface area (Å²) in [5.74, 6) is 0.785. The number of hydrogen-bond acceptors (Lipinski definition) is 4. The lowest BCUT2D eigenvalue weighted by atomic mass is 10.2. The molecule has 1 N–H and O–H groups in total. The third-order valence-electron chi connectivity index (χ3n) is 4.58. The molecule has 0 aliphatic carbocycles. The van der Waals surface area contributed by atoms with Crippen molar-refractivity contribution < 1.29 is 9.53 Å². The molecule has 1 fully saturated rings. The molecule has 2 heterocycles. The van der Waals surface area contributed by atoms with Gasteiger partial charge in [0, 0.05) is 40.0 Å². The van der Waals surface area contributed by atoms with Crippen LogP contribution in [0.1, 0.15) is 28.1 Å². The van der Waals surface area contributed by atoms with Crippen LogP contribution in [0.5, 0.6) is 0 Å². The summed E-state index contributed by atoms with van der Waals surface area (Å²) in [6.07, 6.45) is 2.23. The largest absolute Gasteiger partial charge is 0.381 e. The topological polar surface area (TPSA) is 38.3 Å². The van der Waals surface area contributed by atoms with Crippen molar-refractivity contribution in [3.8, 4) is 0 Å². The molecule has 0 radical (unpaired) electrons. The van der Waals surface area contributed by atoms with Crippen LogP contribution < -0.4 is 5.32 Å². The van der Waals surface area contributed by atoms with Gasteiger partial charge in [0.1, 0.15) is 4.88 Å². The Kier molecular flexibility index (Phi) is 6.03. The number of halogens is 1. The van der Waals surface area contributed by atoms with E-state index in [0.29, 0.717) is 15.1 Å². The van der Waals surface area contributed by atoms with Gasteiger partial charge in [-0.15, -0.1) is 11.3 Å². The summed E-state index contributed by atoms with van der Waals surface area (Å²) < 4.78 is 6.44. The Morgan fingerprint density at radius 3 is 2.81 bits per heavy atom. The molecule has 27 heavy (non-hydrogen) atoms. The van der Waals surface area contributed by atoms with Crippen molar-refractivity contribution in [3.05, 3.63) is 64.0 Å². The van der Waals surface area contributed by atoms with E-state index in [1.54, 1.807) is 0 Å². The maximum absolute atomic E-state index is 12.7. The minimum Gasteiger partial charge on any atom is -0.381 e. The molecule has 6 heteroatoms. The van der Waals surface area contributed by atoms with Gasteiger partial charge in [-0.1, -0.05) is 41.9 Å². The fourth-order valence-electron chi connectivity index (χ4n) is 3.14. The van der Waals surface area contributed by atoms with Crippen molar-refractivity contribution in [3.63, 3.8) is 0 Å². The number of thioether (sulfide) groups is 1. The number of thiophene rings is 1. The molecule has 3 aromatic rings. The van der Waals surface area contributed by atoms with E-state index in [1.165, 1.54) is 16.9 Å². The lowest BCUT2D eigenvalue weighted by molar-refractivity contribution is 0.1000. The van der Waals surface area contributed by atoms with E-state index in [1.807, 2.05) is 54.2 Å². The Bertz CT molecular complexity index is 950. The maximum Gasteiger partial charge on any atom is 0.267 e. The molecule has 0 spiro atoms. The number of amides is 1. The number of ether oxygens (including phenoxy) is 1. The Hall–Kier alpha value is -1.53. The molecule has 1 aliphatic rings. The van der Waals surface area contributed by atoms with Crippen LogP contribution in [0.4, 0.5) is 5.69 Å². The molecule has 0 saturated carbocycles. The molecule has 1 aliphatic heterocycles. The van der Waals surface area contributed by atoms with Crippen molar-refractivity contribution in [2.45, 2.75) is 23.8 Å². The van der Waals surface area contributed by atoms with Crippen LogP contribution in [0.25, 0.3) is 10.1 Å². The normalized spacial score (nSPS) is 15.1. The zero-order chi connectivity index (χ0) is 18.6. The molecule has 1 amide bonds. The predicted molar refractivity (Wildman–Crippen MR) is 116 cm³/mol. The SMILES string of the molecule is O=C(Nc1cccc(CSC2CCOCC2)c1)c1sc2ccccc2c1Cl. The van der Waals surface area contributed by atoms with Crippen LogP contribution in [0.2, 0.25) is 5.02 Å². The minimum absolute atomic E-state index is 0.157. The van der Waals surface area contributed by atoms with Crippen LogP contribution in [0.15, 0.2) is 48.5 Å². The van der Waals surface area contributed by atoms with E-state index in [2.05, 4.69) is 11.4 Å². The fourth-order valence-corrected chi connectivity index (χ4v) is 5.69. The van der Waals surface area contributed by atoms with Crippen molar-refractivity contribution >= 4 is 56.4 Å². The highest BCUT2D eigenvalue weighted by molar-refractivity contribution is 7.99. The molecule has 4 rings (SSSR count). The predicted octanol–water partition coefficient (Wildman–Crippen LogP) is 6.22. The summed E-state index contributed by atoms with van der Waals surface area (Å²) in [7, 11) is 0. The lowest BCUT2D eigenvalue weighted by Gasteiger charge is -2.21. The second-order valence-corrected chi connectivity index (χ2v) is 9.24. The van der Waals surface area contributed by atoms with E-state index in [-0.39, 0.29) is 5.91 Å². The molecule has 2 aromatic carbocycles. The van der Waals surface area contributed by atoms with Gasteiger partial charge in [0.2, 0.25) is 0 Å². The van der Waals surface area contributed by atoms with Gasteiger partial charge in [0.15, 0.2) is 0 Å². The molecule has 140 valence electrons. The number of hydrogen-bond donors (Lipinski definition) is 1. The average Bonchev–Trinajstić information content (AvgIpc) is 3.05. The van der Waals surface area contributed by atoms with Gasteiger partial charge < -0.3 is 10.1 Å². The van der Waals surface area contributed by atoms with Crippen LogP contribution in [0, 0.1) is 0 Å². The summed E-state index contributed by atoms with van der Waals surface area (Å²) >= 11 is 9.81. The molecule has 1 aromatic heterocycles. The van der Waals surface area contributed by atoms with Gasteiger partial charge in [-0.25, -0.2) is 0 Å². The summed E-state index contributed by atoms with van der Waals surface area (Å²) in [5, 5.41) is 5.11. The van der Waals surface area contributed by atoms with Gasteiger partial charge in [0.25, 0.3) is 5.91 Å². The van der Waals surface area contributed by atoms with Gasteiger partial charge in [-0.05, 0) is 36.6 Å². The van der Waals surface area contributed by atoms with E-state index >= 15 is 0 Å². The quantitative estimate of drug-likeness (QED) is 0.535. The highest BCUT2D eigenvalue weighted by atomic mass is 35.5. The fraction of sp³-hybridized carbons (Fsp3) is 0.286. The second-order valence-electron chi connectivity index (χ2n) is 6.52. The van der Waals surface area contributed by atoms with Crippen LogP contribution in [-0.2, 0) is 10.5 Å². The summed E-state index contributed by atoms with van der Waals surface area (Å²) in [4.78, 5) is 13.3. The summed E-state index contributed by atoms with van der Waals surface area (Å²) in [6.45, 7) is 1.73. The van der Waals surface area contributed by atoms with Gasteiger partial charge >= 0.3 is 0 Å². The van der Waals surface area contributed by atoms with Gasteiger partial charge in [-0.2, -0.15) is 11.8 Å². The van der Waals surface area contributed by atoms with E-state index in [9.17, 15) is 4.79 Å². The number of benzene rings is 2. The third-order valence-corrected chi connectivity index (χ3v) is 7.70. The number of nitrogens with one attached hydrogen (secondary N) is 1. The number of rotatable bonds is 5. The van der Waals surface area contributed by atoms with Crippen molar-refractivity contribution in [2.24, 2.45) is 0 Å². The Labute approximate surface area is 172 Å². The first-order valence-electron chi connectivity index (χ1n) is 8.97. The number of carbonyl (C=O) groups is 1. The second kappa shape index (κ2) is 8.65. The number of anilines is 1. The highest BCUT2D eigenvalue weighted by Gasteiger charge is 2.17. The first kappa shape index (κ1) is 18.8. The zero-order valence-corrected chi connectivity index (χ0v) is 17.1. The van der Waals surface area contributed by atoms with Crippen LogP contribution >= 0.6 is 34.7 Å². The average molecular weight is 418 g/mol. The molecular formula is C21H20ClNO2S2. The third kappa shape index (κ3) is 4.49. The van der Waals surface area contributed by atoms with E-state index in [0.717, 1.165) is 47.6 Å². The molecule has 0 bridgehead atoms. The molecule has 3 nitrogen and oxygen atoms in total. The summed E-state index contributed by atoms with van der Waals surface area (Å²) in [5.41, 5.74) is 2.02. The minimum atomic E-state index is -0.157. The smallest absolute Gasteiger partial charge is 0.267 e. The summed E-state index contributed by atoms with van der Waals surface area (Å²) in [6, 6.07) is 15.9. The number of fused-ring (bicyclic) bond motifs is 1. The number of carbonyl (C=O) groups excluding carboxylic acids is 1. The van der Waals surface area contributed by atoms with Crippen molar-refractivity contribution in [1.82, 2.24) is 0 Å². The molecular weight excluding hydrogens is 398 g/mol. The monoisotopic (exact) mass is 417 g/mol. The molecule has 0 unspecified atom stereocenters. The van der Waals surface area contributed by atoms with Crippen LogP contribution in [-0.4, -0.2) is 24.4 Å². The highest BCUT2D eigenvalue weighted by Crippen LogP contribution is 2.35.